The molecule has 1 rings (SSSR count). The van der Waals surface area contributed by atoms with Gasteiger partial charge in [0, 0.05) is 19.3 Å². The zero-order chi connectivity index (χ0) is 57.5. The van der Waals surface area contributed by atoms with Crippen molar-refractivity contribution in [1.82, 2.24) is 0 Å². The summed E-state index contributed by atoms with van der Waals surface area (Å²) in [7, 11) is 0. The number of hydrogen-bond donors (Lipinski definition) is 3. The van der Waals surface area contributed by atoms with Crippen LogP contribution < -0.4 is 0 Å². The fourth-order valence-corrected chi connectivity index (χ4v) is 7.44. The number of rotatable bonds is 46. The smallest absolute Gasteiger partial charge is 0.335 e. The Morgan fingerprint density at radius 2 is 0.797 bits per heavy atom. The number of hydrogen-bond acceptors (Lipinski definition) is 11. The molecule has 1 heterocycles. The molecule has 0 bridgehead atoms. The average Bonchev–Trinajstić information content (AvgIpc) is 3.46. The van der Waals surface area contributed by atoms with Gasteiger partial charge in [-0.3, -0.25) is 14.4 Å². The SMILES string of the molecule is CC/C=C\C/C=C\C/C=C\C/C=C\C/C=C\CCCCCC(=O)OC1C(OCC(COC(=O)CCC/C=C\C/C=C\C/C=C\C/C=C\C/C=C\CC)OC(=O)CC/C=C\C/C=C\C/C=C\C/C=C\CC)OC(C(=O)O)C(O)C1O. The Hall–Kier alpha value is -5.92. The first kappa shape index (κ1) is 71.1. The van der Waals surface area contributed by atoms with Crippen LogP contribution in [0.2, 0.25) is 0 Å². The van der Waals surface area contributed by atoms with E-state index < -0.39 is 67.3 Å². The van der Waals surface area contributed by atoms with E-state index in [1.165, 1.54) is 0 Å². The third kappa shape index (κ3) is 42.7. The molecule has 1 saturated heterocycles. The molecule has 0 radical (unpaired) electrons. The normalized spacial score (nSPS) is 19.1. The van der Waals surface area contributed by atoms with Gasteiger partial charge in [-0.1, -0.05) is 197 Å². The lowest BCUT2D eigenvalue weighted by molar-refractivity contribution is -0.301. The highest BCUT2D eigenvalue weighted by molar-refractivity contribution is 5.74. The first-order chi connectivity index (χ1) is 38.6. The summed E-state index contributed by atoms with van der Waals surface area (Å²) in [5.41, 5.74) is 0. The largest absolute Gasteiger partial charge is 0.479 e. The van der Waals surface area contributed by atoms with E-state index in [0.29, 0.717) is 32.1 Å². The minimum absolute atomic E-state index is 0.00337. The molecular formula is C67H98O12. The monoisotopic (exact) mass is 1090 g/mol. The van der Waals surface area contributed by atoms with E-state index >= 15 is 0 Å². The molecular weight excluding hydrogens is 997 g/mol. The number of esters is 3. The number of carbonyl (C=O) groups is 4. The molecule has 0 aromatic carbocycles. The van der Waals surface area contributed by atoms with E-state index in [0.717, 1.165) is 103 Å². The van der Waals surface area contributed by atoms with Gasteiger partial charge in [0.2, 0.25) is 0 Å². The highest BCUT2D eigenvalue weighted by atomic mass is 16.7. The summed E-state index contributed by atoms with van der Waals surface area (Å²) in [6.07, 6.45) is 66.3. The molecule has 0 spiro atoms. The van der Waals surface area contributed by atoms with Gasteiger partial charge in [-0.05, 0) is 128 Å². The van der Waals surface area contributed by atoms with Crippen molar-refractivity contribution in [3.05, 3.63) is 170 Å². The third-order valence-corrected chi connectivity index (χ3v) is 11.8. The van der Waals surface area contributed by atoms with Gasteiger partial charge in [0.15, 0.2) is 24.6 Å². The summed E-state index contributed by atoms with van der Waals surface area (Å²) in [6, 6.07) is 0. The van der Waals surface area contributed by atoms with Crippen molar-refractivity contribution in [3.63, 3.8) is 0 Å². The molecule has 1 aliphatic rings. The molecule has 1 aliphatic heterocycles. The lowest BCUT2D eigenvalue weighted by Gasteiger charge is -2.40. The predicted octanol–water partition coefficient (Wildman–Crippen LogP) is 15.1. The quantitative estimate of drug-likeness (QED) is 0.0228. The van der Waals surface area contributed by atoms with E-state index in [-0.39, 0.29) is 25.9 Å². The van der Waals surface area contributed by atoms with Crippen molar-refractivity contribution in [3.8, 4) is 0 Å². The Morgan fingerprint density at radius 1 is 0.418 bits per heavy atom. The van der Waals surface area contributed by atoms with Gasteiger partial charge in [0.25, 0.3) is 0 Å². The van der Waals surface area contributed by atoms with Gasteiger partial charge in [-0.25, -0.2) is 4.79 Å². The van der Waals surface area contributed by atoms with Gasteiger partial charge in [-0.15, -0.1) is 0 Å². The lowest BCUT2D eigenvalue weighted by atomic mass is 9.98. The van der Waals surface area contributed by atoms with Gasteiger partial charge in [0.05, 0.1) is 6.61 Å². The number of carboxylic acid groups (broad SMARTS) is 1. The minimum atomic E-state index is -1.94. The maximum absolute atomic E-state index is 13.1. The zero-order valence-electron chi connectivity index (χ0n) is 48.0. The molecule has 12 heteroatoms. The number of aliphatic hydroxyl groups excluding tert-OH is 2. The molecule has 0 aliphatic carbocycles. The number of unbranched alkanes of at least 4 members (excludes halogenated alkanes) is 4. The van der Waals surface area contributed by atoms with Crippen molar-refractivity contribution in [2.24, 2.45) is 0 Å². The Kier molecular flexibility index (Phi) is 47.5. The van der Waals surface area contributed by atoms with Crippen molar-refractivity contribution in [2.75, 3.05) is 13.2 Å². The van der Waals surface area contributed by atoms with E-state index in [2.05, 4.69) is 161 Å². The topological polar surface area (TPSA) is 175 Å². The fraction of sp³-hybridized carbons (Fsp3) is 0.522. The van der Waals surface area contributed by atoms with E-state index in [1.54, 1.807) is 0 Å². The molecule has 6 atom stereocenters. The molecule has 12 nitrogen and oxygen atoms in total. The van der Waals surface area contributed by atoms with Crippen LogP contribution in [0, 0.1) is 0 Å². The fourth-order valence-electron chi connectivity index (χ4n) is 7.44. The van der Waals surface area contributed by atoms with Crippen molar-refractivity contribution in [2.45, 2.75) is 212 Å². The standard InChI is InChI=1S/C67H98O12/c1-4-7-10-13-16-19-22-25-27-29-30-32-34-37-40-43-46-49-52-55-61(70)78-65-63(72)62(71)64(66(73)74)79-67(65)76-57-58(77-60(69)54-51-48-45-42-39-35-24-21-18-15-12-9-6-3)56-75-59(68)53-50-47-44-41-38-36-33-31-28-26-23-20-17-14-11-8-5-2/h7-12,16-21,25-28,30,32-33,35-37,39-41,44-45,48,58,62-65,67,71-72H,4-6,13-15,22-24,29,31,34,38,42-43,46-47,49-57H2,1-3H3,(H,73,74)/b10-7-,11-8-,12-9-,19-16-,20-17-,21-18-,27-25-,28-26-,32-30-,36-33-,39-35-,40-37-,44-41-,48-45-. The van der Waals surface area contributed by atoms with Crippen LogP contribution in [0.4, 0.5) is 0 Å². The molecule has 0 aromatic rings. The van der Waals surface area contributed by atoms with E-state index in [1.807, 2.05) is 30.4 Å². The van der Waals surface area contributed by atoms with Gasteiger partial charge < -0.3 is 39.0 Å². The van der Waals surface area contributed by atoms with E-state index in [4.69, 9.17) is 23.7 Å². The van der Waals surface area contributed by atoms with Crippen LogP contribution in [0.5, 0.6) is 0 Å². The van der Waals surface area contributed by atoms with Crippen LogP contribution in [-0.2, 0) is 42.9 Å². The zero-order valence-corrected chi connectivity index (χ0v) is 48.0. The summed E-state index contributed by atoms with van der Waals surface area (Å²) >= 11 is 0. The van der Waals surface area contributed by atoms with Crippen LogP contribution in [0.15, 0.2) is 170 Å². The van der Waals surface area contributed by atoms with Gasteiger partial charge in [-0.2, -0.15) is 0 Å². The Bertz CT molecular complexity index is 2020. The maximum Gasteiger partial charge on any atom is 0.335 e. The highest BCUT2D eigenvalue weighted by Gasteiger charge is 2.50. The summed E-state index contributed by atoms with van der Waals surface area (Å²) in [6.45, 7) is 5.49. The molecule has 0 aromatic heterocycles. The number of carboxylic acids is 1. The summed E-state index contributed by atoms with van der Waals surface area (Å²) in [5, 5.41) is 31.5. The minimum Gasteiger partial charge on any atom is -0.479 e. The second kappa shape index (κ2) is 52.8. The Morgan fingerprint density at radius 3 is 1.22 bits per heavy atom. The first-order valence-electron chi connectivity index (χ1n) is 29.1. The van der Waals surface area contributed by atoms with Crippen LogP contribution in [0.1, 0.15) is 175 Å². The van der Waals surface area contributed by atoms with Crippen molar-refractivity contribution < 1.29 is 58.2 Å². The third-order valence-electron chi connectivity index (χ3n) is 11.8. The van der Waals surface area contributed by atoms with Crippen LogP contribution in [-0.4, -0.2) is 89.2 Å². The summed E-state index contributed by atoms with van der Waals surface area (Å²) in [5.74, 6) is -3.39. The molecule has 1 fully saturated rings. The molecule has 3 N–H and O–H groups in total. The van der Waals surface area contributed by atoms with Gasteiger partial charge in [0.1, 0.15) is 18.8 Å². The summed E-state index contributed by atoms with van der Waals surface area (Å²) < 4.78 is 28.2. The number of aliphatic carboxylic acids is 1. The van der Waals surface area contributed by atoms with E-state index in [9.17, 15) is 34.5 Å². The second-order valence-corrected chi connectivity index (χ2v) is 18.8. The molecule has 79 heavy (non-hydrogen) atoms. The van der Waals surface area contributed by atoms with Crippen LogP contribution >= 0.6 is 0 Å². The molecule has 6 unspecified atom stereocenters. The second-order valence-electron chi connectivity index (χ2n) is 18.8. The first-order valence-corrected chi connectivity index (χ1v) is 29.1. The van der Waals surface area contributed by atoms with Crippen LogP contribution in [0.25, 0.3) is 0 Å². The Balaban J connectivity index is 2.79. The van der Waals surface area contributed by atoms with Crippen molar-refractivity contribution >= 4 is 23.9 Å². The van der Waals surface area contributed by atoms with Crippen molar-refractivity contribution in [1.29, 1.82) is 0 Å². The number of aliphatic hydroxyl groups is 2. The predicted molar refractivity (Wildman–Crippen MR) is 321 cm³/mol. The number of carbonyl (C=O) groups excluding carboxylic acids is 3. The lowest BCUT2D eigenvalue weighted by Crippen LogP contribution is -2.61. The summed E-state index contributed by atoms with van der Waals surface area (Å²) in [4.78, 5) is 51.1. The molecule has 0 saturated carbocycles. The Labute approximate surface area is 475 Å². The number of ether oxygens (including phenoxy) is 5. The number of allylic oxidation sites excluding steroid dienone is 28. The van der Waals surface area contributed by atoms with Gasteiger partial charge >= 0.3 is 23.9 Å². The maximum atomic E-state index is 13.1. The molecule has 438 valence electrons. The van der Waals surface area contributed by atoms with Crippen LogP contribution in [0.3, 0.4) is 0 Å². The average molecular weight is 1100 g/mol. The molecule has 0 amide bonds. The highest BCUT2D eigenvalue weighted by Crippen LogP contribution is 2.26.